The number of aryl methyl sites for hydroxylation is 2. The molecule has 0 aliphatic heterocycles. The fourth-order valence-corrected chi connectivity index (χ4v) is 5.51. The maximum absolute atomic E-state index is 12.6. The van der Waals surface area contributed by atoms with Crippen LogP contribution in [0.15, 0.2) is 35.9 Å². The molecule has 0 saturated heterocycles. The van der Waals surface area contributed by atoms with Crippen molar-refractivity contribution in [1.82, 2.24) is 14.5 Å². The normalized spacial score (nSPS) is 24.2. The zero-order chi connectivity index (χ0) is 23.2. The van der Waals surface area contributed by atoms with Gasteiger partial charge in [0.25, 0.3) is 0 Å². The minimum absolute atomic E-state index is 0.0467. The van der Waals surface area contributed by atoms with Crippen molar-refractivity contribution in [2.45, 2.75) is 51.9 Å². The monoisotopic (exact) mass is 430 g/mol. The average Bonchev–Trinajstić information content (AvgIpc) is 3.12. The van der Waals surface area contributed by atoms with E-state index in [-0.39, 0.29) is 29.1 Å². The Balaban J connectivity index is 1.75. The van der Waals surface area contributed by atoms with Crippen molar-refractivity contribution in [1.29, 1.82) is 5.26 Å². The highest BCUT2D eigenvalue weighted by molar-refractivity contribution is 6.02. The van der Waals surface area contributed by atoms with Gasteiger partial charge in [-0.15, -0.1) is 0 Å². The number of nitrogens with zero attached hydrogens (tertiary/aromatic N) is 4. The molecule has 1 heterocycles. The summed E-state index contributed by atoms with van der Waals surface area (Å²) >= 11 is 0. The second-order valence-corrected chi connectivity index (χ2v) is 9.50. The number of hydrogen-bond acceptors (Lipinski definition) is 4. The minimum Gasteiger partial charge on any atom is -0.349 e. The summed E-state index contributed by atoms with van der Waals surface area (Å²) in [6, 6.07) is 10.4. The lowest BCUT2D eigenvalue weighted by Gasteiger charge is -2.44. The van der Waals surface area contributed by atoms with Crippen molar-refractivity contribution in [3.05, 3.63) is 58.7 Å². The van der Waals surface area contributed by atoms with Gasteiger partial charge in [-0.05, 0) is 49.8 Å². The summed E-state index contributed by atoms with van der Waals surface area (Å²) < 4.78 is 2.20. The lowest BCUT2D eigenvalue weighted by atomic mass is 9.58. The molecule has 3 atom stereocenters. The van der Waals surface area contributed by atoms with Crippen molar-refractivity contribution >= 4 is 11.7 Å². The molecule has 32 heavy (non-hydrogen) atoms. The molecule has 0 N–H and O–H groups in total. The third-order valence-corrected chi connectivity index (χ3v) is 7.26. The standard InChI is InChI=1S/C26H30N4O2/c1-16-21-10-11-22-25(26(21,3)14-19(15-27)24(16)32)28-17(2)30(22)20-8-6-7-18(13-20)9-12-23(31)29(4)5/h6-8,13-14,16,21H,9-12H2,1-5H3/t16-,21-,26-/m0/s1. The topological polar surface area (TPSA) is 79.0 Å². The van der Waals surface area contributed by atoms with Crippen molar-refractivity contribution in [2.75, 3.05) is 14.1 Å². The summed E-state index contributed by atoms with van der Waals surface area (Å²) in [6.07, 6.45) is 4.75. The molecule has 0 radical (unpaired) electrons. The lowest BCUT2D eigenvalue weighted by molar-refractivity contribution is -0.128. The van der Waals surface area contributed by atoms with E-state index in [4.69, 9.17) is 4.98 Å². The number of rotatable bonds is 4. The van der Waals surface area contributed by atoms with Crippen LogP contribution in [-0.2, 0) is 27.8 Å². The SMILES string of the molecule is Cc1nc2c(n1-c1cccc(CCC(=O)N(C)C)c1)CC[C@H]1[C@H](C)C(=O)C(C#N)=C[C@]21C. The van der Waals surface area contributed by atoms with E-state index >= 15 is 0 Å². The van der Waals surface area contributed by atoms with Crippen LogP contribution in [0.25, 0.3) is 5.69 Å². The molecule has 2 aliphatic rings. The molecule has 4 rings (SSSR count). The zero-order valence-electron chi connectivity index (χ0n) is 19.5. The highest BCUT2D eigenvalue weighted by atomic mass is 16.2. The Bertz CT molecular complexity index is 1170. The van der Waals surface area contributed by atoms with Gasteiger partial charge >= 0.3 is 0 Å². The number of benzene rings is 1. The molecule has 1 aromatic carbocycles. The number of nitriles is 1. The number of Topliss-reactive ketones (excluding diaryl/α,β-unsaturated/α-hetero) is 1. The Morgan fingerprint density at radius 1 is 1.38 bits per heavy atom. The molecule has 0 unspecified atom stereocenters. The van der Waals surface area contributed by atoms with Crippen LogP contribution < -0.4 is 0 Å². The van der Waals surface area contributed by atoms with E-state index in [1.54, 1.807) is 19.0 Å². The smallest absolute Gasteiger partial charge is 0.222 e. The van der Waals surface area contributed by atoms with E-state index in [1.165, 1.54) is 0 Å². The van der Waals surface area contributed by atoms with E-state index in [0.717, 1.165) is 41.3 Å². The molecular weight excluding hydrogens is 400 g/mol. The Hall–Kier alpha value is -3.20. The maximum Gasteiger partial charge on any atom is 0.222 e. The number of imidazole rings is 1. The Morgan fingerprint density at radius 3 is 2.81 bits per heavy atom. The van der Waals surface area contributed by atoms with Gasteiger partial charge in [-0.2, -0.15) is 5.26 Å². The Labute approximate surface area is 189 Å². The molecule has 166 valence electrons. The van der Waals surface area contributed by atoms with Gasteiger partial charge in [-0.1, -0.05) is 32.1 Å². The quantitative estimate of drug-likeness (QED) is 0.741. The van der Waals surface area contributed by atoms with Crippen LogP contribution in [0, 0.1) is 30.1 Å². The molecule has 6 nitrogen and oxygen atoms in total. The molecule has 0 bridgehead atoms. The van der Waals surface area contributed by atoms with Gasteiger partial charge in [0, 0.05) is 43.2 Å². The van der Waals surface area contributed by atoms with E-state index < -0.39 is 5.41 Å². The van der Waals surface area contributed by atoms with Crippen molar-refractivity contribution in [2.24, 2.45) is 11.8 Å². The molecule has 2 aliphatic carbocycles. The largest absolute Gasteiger partial charge is 0.349 e. The number of fused-ring (bicyclic) bond motifs is 3. The Morgan fingerprint density at radius 2 is 2.12 bits per heavy atom. The summed E-state index contributed by atoms with van der Waals surface area (Å²) in [6.45, 7) is 6.07. The van der Waals surface area contributed by atoms with Crippen LogP contribution in [0.5, 0.6) is 0 Å². The first-order chi connectivity index (χ1) is 15.2. The molecule has 0 fully saturated rings. The minimum atomic E-state index is -0.433. The van der Waals surface area contributed by atoms with Gasteiger partial charge in [-0.3, -0.25) is 9.59 Å². The summed E-state index contributed by atoms with van der Waals surface area (Å²) in [7, 11) is 3.55. The number of aromatic nitrogens is 2. The van der Waals surface area contributed by atoms with E-state index in [2.05, 4.69) is 35.8 Å². The van der Waals surface area contributed by atoms with Crippen LogP contribution >= 0.6 is 0 Å². The first-order valence-electron chi connectivity index (χ1n) is 11.2. The first-order valence-corrected chi connectivity index (χ1v) is 11.2. The summed E-state index contributed by atoms with van der Waals surface area (Å²) in [5.74, 6) is 0.928. The predicted molar refractivity (Wildman–Crippen MR) is 122 cm³/mol. The van der Waals surface area contributed by atoms with Gasteiger partial charge in [0.1, 0.15) is 11.9 Å². The molecule has 1 aromatic heterocycles. The van der Waals surface area contributed by atoms with Crippen LogP contribution in [0.2, 0.25) is 0 Å². The summed E-state index contributed by atoms with van der Waals surface area (Å²) in [5.41, 5.74) is 4.10. The second kappa shape index (κ2) is 8.05. The lowest BCUT2D eigenvalue weighted by Crippen LogP contribution is -2.45. The molecule has 0 saturated carbocycles. The van der Waals surface area contributed by atoms with E-state index in [9.17, 15) is 14.9 Å². The number of allylic oxidation sites excluding steroid dienone is 2. The van der Waals surface area contributed by atoms with Crippen LogP contribution in [0.3, 0.4) is 0 Å². The van der Waals surface area contributed by atoms with Gasteiger partial charge < -0.3 is 9.47 Å². The third-order valence-electron chi connectivity index (χ3n) is 7.26. The van der Waals surface area contributed by atoms with Gasteiger partial charge in [0.2, 0.25) is 5.91 Å². The summed E-state index contributed by atoms with van der Waals surface area (Å²) in [5, 5.41) is 9.53. The molecule has 2 aromatic rings. The molecule has 0 spiro atoms. The number of ketones is 1. The number of carbonyl (C=O) groups is 2. The van der Waals surface area contributed by atoms with Crippen LogP contribution in [-0.4, -0.2) is 40.2 Å². The summed E-state index contributed by atoms with van der Waals surface area (Å²) in [4.78, 5) is 31.2. The number of amides is 1. The zero-order valence-corrected chi connectivity index (χ0v) is 19.5. The molecular formula is C26H30N4O2. The van der Waals surface area contributed by atoms with Gasteiger partial charge in [0.15, 0.2) is 5.78 Å². The van der Waals surface area contributed by atoms with Crippen LogP contribution in [0.4, 0.5) is 0 Å². The van der Waals surface area contributed by atoms with Crippen molar-refractivity contribution < 1.29 is 9.59 Å². The fraction of sp³-hybridized carbons (Fsp3) is 0.462. The second-order valence-electron chi connectivity index (χ2n) is 9.50. The average molecular weight is 431 g/mol. The maximum atomic E-state index is 12.6. The first kappa shape index (κ1) is 22.0. The highest BCUT2D eigenvalue weighted by Crippen LogP contribution is 2.49. The molecule has 1 amide bonds. The van der Waals surface area contributed by atoms with E-state index in [1.807, 2.05) is 26.0 Å². The molecule has 6 heteroatoms. The van der Waals surface area contributed by atoms with Gasteiger partial charge in [0.05, 0.1) is 11.3 Å². The highest BCUT2D eigenvalue weighted by Gasteiger charge is 2.50. The van der Waals surface area contributed by atoms with Crippen molar-refractivity contribution in [3.8, 4) is 11.8 Å². The number of hydrogen-bond donors (Lipinski definition) is 0. The fourth-order valence-electron chi connectivity index (χ4n) is 5.51. The predicted octanol–water partition coefficient (Wildman–Crippen LogP) is 3.69. The van der Waals surface area contributed by atoms with Crippen LogP contribution in [0.1, 0.15) is 49.5 Å². The number of carbonyl (C=O) groups excluding carboxylic acids is 2. The van der Waals surface area contributed by atoms with Gasteiger partial charge in [-0.25, -0.2) is 4.98 Å². The Kier molecular flexibility index (Phi) is 5.54. The van der Waals surface area contributed by atoms with E-state index in [0.29, 0.717) is 12.8 Å². The third kappa shape index (κ3) is 3.46. The van der Waals surface area contributed by atoms with Crippen molar-refractivity contribution in [3.63, 3.8) is 0 Å².